The van der Waals surface area contributed by atoms with E-state index in [-0.39, 0.29) is 24.8 Å². The molecule has 0 saturated heterocycles. The van der Waals surface area contributed by atoms with Crippen molar-refractivity contribution in [1.82, 2.24) is 5.32 Å². The highest BCUT2D eigenvalue weighted by Crippen LogP contribution is 2.14. The zero-order chi connectivity index (χ0) is 15.8. The molecule has 2 amide bonds. The summed E-state index contributed by atoms with van der Waals surface area (Å²) >= 11 is 0. The summed E-state index contributed by atoms with van der Waals surface area (Å²) in [5.74, 6) is -0.382. The molecule has 4 nitrogen and oxygen atoms in total. The van der Waals surface area contributed by atoms with Gasteiger partial charge in [0, 0.05) is 5.69 Å². The number of benzene rings is 2. The Morgan fingerprint density at radius 1 is 0.909 bits per heavy atom. The van der Waals surface area contributed by atoms with Crippen LogP contribution in [-0.2, 0) is 22.4 Å². The van der Waals surface area contributed by atoms with Crippen molar-refractivity contribution in [3.63, 3.8) is 0 Å². The minimum absolute atomic E-state index is 0.0241. The second-order valence-electron chi connectivity index (χ2n) is 5.00. The zero-order valence-corrected chi connectivity index (χ0v) is 12.6. The van der Waals surface area contributed by atoms with Crippen LogP contribution in [0.4, 0.5) is 5.69 Å². The Hall–Kier alpha value is -2.62. The van der Waals surface area contributed by atoms with Gasteiger partial charge >= 0.3 is 0 Å². The zero-order valence-electron chi connectivity index (χ0n) is 12.6. The predicted octanol–water partition coefficient (Wildman–Crippen LogP) is 2.55. The Balaban J connectivity index is 1.81. The first kappa shape index (κ1) is 15.8. The van der Waals surface area contributed by atoms with Crippen molar-refractivity contribution in [3.8, 4) is 0 Å². The highest BCUT2D eigenvalue weighted by molar-refractivity contribution is 5.95. The smallest absolute Gasteiger partial charge is 0.243 e. The second kappa shape index (κ2) is 7.98. The van der Waals surface area contributed by atoms with E-state index in [1.165, 1.54) is 0 Å². The first-order valence-electron chi connectivity index (χ1n) is 7.37. The van der Waals surface area contributed by atoms with Crippen LogP contribution in [0.3, 0.4) is 0 Å². The van der Waals surface area contributed by atoms with Gasteiger partial charge in [0.15, 0.2) is 0 Å². The quantitative estimate of drug-likeness (QED) is 0.860. The summed E-state index contributed by atoms with van der Waals surface area (Å²) in [6.07, 6.45) is 1.12. The SMILES string of the molecule is CCc1ccccc1NC(=O)CNC(=O)Cc1ccccc1. The largest absolute Gasteiger partial charge is 0.347 e. The minimum Gasteiger partial charge on any atom is -0.347 e. The third kappa shape index (κ3) is 4.74. The lowest BCUT2D eigenvalue weighted by molar-refractivity contribution is -0.123. The van der Waals surface area contributed by atoms with E-state index in [4.69, 9.17) is 0 Å². The molecule has 0 radical (unpaired) electrons. The molecule has 0 spiro atoms. The van der Waals surface area contributed by atoms with Gasteiger partial charge in [-0.3, -0.25) is 9.59 Å². The Morgan fingerprint density at radius 3 is 2.32 bits per heavy atom. The summed E-state index contributed by atoms with van der Waals surface area (Å²) < 4.78 is 0. The Bertz CT molecular complexity index is 639. The molecule has 114 valence electrons. The fourth-order valence-corrected chi connectivity index (χ4v) is 2.17. The molecule has 2 aromatic rings. The third-order valence-corrected chi connectivity index (χ3v) is 3.33. The van der Waals surface area contributed by atoms with Crippen LogP contribution in [-0.4, -0.2) is 18.4 Å². The molecule has 0 aliphatic carbocycles. The molecule has 0 aliphatic heterocycles. The first-order valence-corrected chi connectivity index (χ1v) is 7.37. The lowest BCUT2D eigenvalue weighted by Crippen LogP contribution is -2.33. The van der Waals surface area contributed by atoms with Crippen molar-refractivity contribution in [2.75, 3.05) is 11.9 Å². The van der Waals surface area contributed by atoms with E-state index in [1.807, 2.05) is 61.5 Å². The maximum atomic E-state index is 11.9. The van der Waals surface area contributed by atoms with Gasteiger partial charge in [0.2, 0.25) is 11.8 Å². The van der Waals surface area contributed by atoms with Gasteiger partial charge in [-0.25, -0.2) is 0 Å². The molecule has 0 unspecified atom stereocenters. The predicted molar refractivity (Wildman–Crippen MR) is 87.6 cm³/mol. The van der Waals surface area contributed by atoms with Crippen molar-refractivity contribution < 1.29 is 9.59 Å². The normalized spacial score (nSPS) is 10.0. The van der Waals surface area contributed by atoms with Crippen LogP contribution in [0.2, 0.25) is 0 Å². The Morgan fingerprint density at radius 2 is 1.59 bits per heavy atom. The number of hydrogen-bond acceptors (Lipinski definition) is 2. The van der Waals surface area contributed by atoms with Crippen LogP contribution in [0.25, 0.3) is 0 Å². The van der Waals surface area contributed by atoms with Gasteiger partial charge < -0.3 is 10.6 Å². The summed E-state index contributed by atoms with van der Waals surface area (Å²) in [5.41, 5.74) is 2.80. The molecule has 0 saturated carbocycles. The van der Waals surface area contributed by atoms with E-state index in [1.54, 1.807) is 0 Å². The monoisotopic (exact) mass is 296 g/mol. The van der Waals surface area contributed by atoms with E-state index >= 15 is 0 Å². The highest BCUT2D eigenvalue weighted by Gasteiger charge is 2.08. The summed E-state index contributed by atoms with van der Waals surface area (Å²) in [7, 11) is 0. The molecule has 22 heavy (non-hydrogen) atoms. The van der Waals surface area contributed by atoms with Crippen LogP contribution in [0, 0.1) is 0 Å². The van der Waals surface area contributed by atoms with Gasteiger partial charge in [0.05, 0.1) is 13.0 Å². The van der Waals surface area contributed by atoms with E-state index in [2.05, 4.69) is 10.6 Å². The number of amides is 2. The first-order chi connectivity index (χ1) is 10.7. The van der Waals surface area contributed by atoms with E-state index < -0.39 is 0 Å². The lowest BCUT2D eigenvalue weighted by Gasteiger charge is -2.10. The number of nitrogens with one attached hydrogen (secondary N) is 2. The van der Waals surface area contributed by atoms with Crippen LogP contribution in [0.1, 0.15) is 18.1 Å². The Kier molecular flexibility index (Phi) is 5.72. The fraction of sp³-hybridized carbons (Fsp3) is 0.222. The van der Waals surface area contributed by atoms with Gasteiger partial charge in [-0.15, -0.1) is 0 Å². The molecular weight excluding hydrogens is 276 g/mol. The topological polar surface area (TPSA) is 58.2 Å². The average molecular weight is 296 g/mol. The van der Waals surface area contributed by atoms with Crippen LogP contribution < -0.4 is 10.6 Å². The highest BCUT2D eigenvalue weighted by atomic mass is 16.2. The van der Waals surface area contributed by atoms with Crippen molar-refractivity contribution in [3.05, 3.63) is 65.7 Å². The van der Waals surface area contributed by atoms with Crippen LogP contribution in [0.15, 0.2) is 54.6 Å². The van der Waals surface area contributed by atoms with Crippen molar-refractivity contribution in [2.45, 2.75) is 19.8 Å². The number of anilines is 1. The standard InChI is InChI=1S/C18H20N2O2/c1-2-15-10-6-7-11-16(15)20-18(22)13-19-17(21)12-14-8-4-3-5-9-14/h3-11H,2,12-13H2,1H3,(H,19,21)(H,20,22). The number of hydrogen-bond donors (Lipinski definition) is 2. The number of para-hydroxylation sites is 1. The number of rotatable bonds is 6. The lowest BCUT2D eigenvalue weighted by atomic mass is 10.1. The molecule has 2 rings (SSSR count). The molecule has 0 fully saturated rings. The van der Waals surface area contributed by atoms with E-state index in [0.29, 0.717) is 0 Å². The maximum absolute atomic E-state index is 11.9. The summed E-state index contributed by atoms with van der Waals surface area (Å²) in [6, 6.07) is 17.1. The van der Waals surface area contributed by atoms with Gasteiger partial charge in [-0.2, -0.15) is 0 Å². The van der Waals surface area contributed by atoms with Crippen LogP contribution >= 0.6 is 0 Å². The summed E-state index contributed by atoms with van der Waals surface area (Å²) in [6.45, 7) is 2.01. The molecule has 4 heteroatoms. The molecule has 0 heterocycles. The minimum atomic E-state index is -0.220. The molecule has 2 aromatic carbocycles. The number of carbonyl (C=O) groups is 2. The van der Waals surface area contributed by atoms with Gasteiger partial charge in [-0.1, -0.05) is 55.5 Å². The molecule has 0 bridgehead atoms. The molecule has 2 N–H and O–H groups in total. The molecule has 0 aromatic heterocycles. The van der Waals surface area contributed by atoms with Gasteiger partial charge in [0.25, 0.3) is 0 Å². The summed E-state index contributed by atoms with van der Waals surface area (Å²) in [5, 5.41) is 5.46. The Labute approximate surface area is 130 Å². The molecular formula is C18H20N2O2. The van der Waals surface area contributed by atoms with Crippen molar-refractivity contribution >= 4 is 17.5 Å². The van der Waals surface area contributed by atoms with Crippen molar-refractivity contribution in [2.24, 2.45) is 0 Å². The fourth-order valence-electron chi connectivity index (χ4n) is 2.17. The van der Waals surface area contributed by atoms with Crippen LogP contribution in [0.5, 0.6) is 0 Å². The number of carbonyl (C=O) groups excluding carboxylic acids is 2. The maximum Gasteiger partial charge on any atom is 0.243 e. The average Bonchev–Trinajstić information content (AvgIpc) is 2.54. The number of aryl methyl sites for hydroxylation is 1. The molecule has 0 atom stereocenters. The van der Waals surface area contributed by atoms with Gasteiger partial charge in [-0.05, 0) is 23.6 Å². The molecule has 0 aliphatic rings. The summed E-state index contributed by atoms with van der Waals surface area (Å²) in [4.78, 5) is 23.7. The third-order valence-electron chi connectivity index (χ3n) is 3.33. The second-order valence-corrected chi connectivity index (χ2v) is 5.00. The van der Waals surface area contributed by atoms with Gasteiger partial charge in [0.1, 0.15) is 0 Å². The van der Waals surface area contributed by atoms with E-state index in [0.717, 1.165) is 23.2 Å². The van der Waals surface area contributed by atoms with E-state index in [9.17, 15) is 9.59 Å². The van der Waals surface area contributed by atoms with Crippen molar-refractivity contribution in [1.29, 1.82) is 0 Å².